The first kappa shape index (κ1) is 10.4. The first-order valence-electron chi connectivity index (χ1n) is 5.41. The fraction of sp³-hybridized carbons (Fsp3) is 0.636. The summed E-state index contributed by atoms with van der Waals surface area (Å²) in [7, 11) is 2.16. The molecule has 1 fully saturated rings. The highest BCUT2D eigenvalue weighted by atomic mass is 15.3. The summed E-state index contributed by atoms with van der Waals surface area (Å²) in [5, 5.41) is 0. The molecule has 4 heteroatoms. The second kappa shape index (κ2) is 4.14. The van der Waals surface area contributed by atoms with Gasteiger partial charge in [0.1, 0.15) is 0 Å². The number of anilines is 1. The zero-order valence-electron chi connectivity index (χ0n) is 9.64. The number of aryl methyl sites for hydroxylation is 1. The average Bonchev–Trinajstić information content (AvgIpc) is 2.17. The topological polar surface area (TPSA) is 32.3 Å². The SMILES string of the molecule is Cc1ccnc(N2CCN(C)C[C@@H]2C)n1. The maximum Gasteiger partial charge on any atom is 0.225 e. The number of nitrogens with zero attached hydrogens (tertiary/aromatic N) is 4. The second-order valence-corrected chi connectivity index (χ2v) is 4.30. The van der Waals surface area contributed by atoms with Crippen molar-refractivity contribution in [1.82, 2.24) is 14.9 Å². The summed E-state index contributed by atoms with van der Waals surface area (Å²) in [5.41, 5.74) is 1.03. The van der Waals surface area contributed by atoms with Gasteiger partial charge < -0.3 is 9.80 Å². The number of rotatable bonds is 1. The highest BCUT2D eigenvalue weighted by Gasteiger charge is 2.23. The monoisotopic (exact) mass is 206 g/mol. The lowest BCUT2D eigenvalue weighted by Gasteiger charge is -2.38. The van der Waals surface area contributed by atoms with Crippen LogP contribution in [0, 0.1) is 6.92 Å². The smallest absolute Gasteiger partial charge is 0.225 e. The van der Waals surface area contributed by atoms with Gasteiger partial charge in [0.15, 0.2) is 0 Å². The van der Waals surface area contributed by atoms with Crippen LogP contribution in [0.1, 0.15) is 12.6 Å². The predicted octanol–water partition coefficient (Wildman–Crippen LogP) is 0.925. The minimum absolute atomic E-state index is 0.491. The zero-order valence-corrected chi connectivity index (χ0v) is 9.64. The van der Waals surface area contributed by atoms with E-state index < -0.39 is 0 Å². The van der Waals surface area contributed by atoms with E-state index in [0.717, 1.165) is 31.3 Å². The number of piperazine rings is 1. The molecule has 4 nitrogen and oxygen atoms in total. The van der Waals surface area contributed by atoms with Crippen LogP contribution in [-0.4, -0.2) is 47.6 Å². The van der Waals surface area contributed by atoms with Crippen LogP contribution in [0.15, 0.2) is 12.3 Å². The Labute approximate surface area is 90.9 Å². The normalized spacial score (nSPS) is 23.1. The maximum absolute atomic E-state index is 4.47. The third-order valence-electron chi connectivity index (χ3n) is 2.87. The van der Waals surface area contributed by atoms with Gasteiger partial charge in [-0.1, -0.05) is 0 Å². The van der Waals surface area contributed by atoms with Crippen molar-refractivity contribution in [1.29, 1.82) is 0 Å². The van der Waals surface area contributed by atoms with Crippen LogP contribution in [0.5, 0.6) is 0 Å². The van der Waals surface area contributed by atoms with Crippen molar-refractivity contribution in [3.63, 3.8) is 0 Å². The minimum atomic E-state index is 0.491. The molecule has 1 aromatic rings. The van der Waals surface area contributed by atoms with Crippen molar-refractivity contribution in [2.24, 2.45) is 0 Å². The summed E-state index contributed by atoms with van der Waals surface area (Å²) in [6.45, 7) is 7.41. The minimum Gasteiger partial charge on any atom is -0.336 e. The van der Waals surface area contributed by atoms with E-state index >= 15 is 0 Å². The van der Waals surface area contributed by atoms with Gasteiger partial charge in [-0.05, 0) is 27.0 Å². The molecule has 0 amide bonds. The van der Waals surface area contributed by atoms with E-state index in [4.69, 9.17) is 0 Å². The molecule has 0 aliphatic carbocycles. The molecule has 2 heterocycles. The quantitative estimate of drug-likeness (QED) is 0.684. The first-order valence-corrected chi connectivity index (χ1v) is 5.41. The lowest BCUT2D eigenvalue weighted by Crippen LogP contribution is -2.51. The fourth-order valence-corrected chi connectivity index (χ4v) is 2.01. The van der Waals surface area contributed by atoms with Crippen LogP contribution in [0.2, 0.25) is 0 Å². The van der Waals surface area contributed by atoms with Gasteiger partial charge in [0.05, 0.1) is 0 Å². The number of likely N-dealkylation sites (N-methyl/N-ethyl adjacent to an activating group) is 1. The van der Waals surface area contributed by atoms with Crippen molar-refractivity contribution in [2.45, 2.75) is 19.9 Å². The van der Waals surface area contributed by atoms with Crippen LogP contribution in [0.3, 0.4) is 0 Å². The molecule has 0 saturated carbocycles. The lowest BCUT2D eigenvalue weighted by atomic mass is 10.2. The molecule has 82 valence electrons. The Morgan fingerprint density at radius 2 is 2.20 bits per heavy atom. The second-order valence-electron chi connectivity index (χ2n) is 4.30. The van der Waals surface area contributed by atoms with Gasteiger partial charge in [-0.15, -0.1) is 0 Å². The van der Waals surface area contributed by atoms with Crippen molar-refractivity contribution < 1.29 is 0 Å². The molecule has 1 atom stereocenters. The summed E-state index contributed by atoms with van der Waals surface area (Å²) in [5.74, 6) is 0.871. The van der Waals surface area contributed by atoms with Gasteiger partial charge in [0.25, 0.3) is 0 Å². The summed E-state index contributed by atoms with van der Waals surface area (Å²) in [4.78, 5) is 13.4. The van der Waals surface area contributed by atoms with Gasteiger partial charge >= 0.3 is 0 Å². The van der Waals surface area contributed by atoms with Crippen molar-refractivity contribution in [3.8, 4) is 0 Å². The van der Waals surface area contributed by atoms with E-state index in [9.17, 15) is 0 Å². The third kappa shape index (κ3) is 2.26. The van der Waals surface area contributed by atoms with Crippen LogP contribution in [0.25, 0.3) is 0 Å². The molecular weight excluding hydrogens is 188 g/mol. The Hall–Kier alpha value is -1.16. The highest BCUT2D eigenvalue weighted by Crippen LogP contribution is 2.15. The van der Waals surface area contributed by atoms with Crippen LogP contribution in [0.4, 0.5) is 5.95 Å². The van der Waals surface area contributed by atoms with Crippen molar-refractivity contribution in [3.05, 3.63) is 18.0 Å². The van der Waals surface area contributed by atoms with E-state index in [2.05, 4.69) is 33.7 Å². The highest BCUT2D eigenvalue weighted by molar-refractivity contribution is 5.32. The number of hydrogen-bond acceptors (Lipinski definition) is 4. The fourth-order valence-electron chi connectivity index (χ4n) is 2.01. The predicted molar refractivity (Wildman–Crippen MR) is 61.1 cm³/mol. The average molecular weight is 206 g/mol. The molecule has 1 aromatic heterocycles. The Morgan fingerprint density at radius 1 is 1.40 bits per heavy atom. The molecule has 0 unspecified atom stereocenters. The first-order chi connectivity index (χ1) is 7.16. The van der Waals surface area contributed by atoms with Gasteiger partial charge in [-0.3, -0.25) is 0 Å². The summed E-state index contributed by atoms with van der Waals surface area (Å²) < 4.78 is 0. The zero-order chi connectivity index (χ0) is 10.8. The Bertz CT molecular complexity index is 339. The molecule has 0 spiro atoms. The molecule has 0 aromatic carbocycles. The standard InChI is InChI=1S/C11H18N4/c1-9-4-5-12-11(13-9)15-7-6-14(3)8-10(15)2/h4-5,10H,6-8H2,1-3H3/t10-/m0/s1. The van der Waals surface area contributed by atoms with Gasteiger partial charge in [0.2, 0.25) is 5.95 Å². The van der Waals surface area contributed by atoms with E-state index in [0.29, 0.717) is 6.04 Å². The lowest BCUT2D eigenvalue weighted by molar-refractivity contribution is 0.273. The third-order valence-corrected chi connectivity index (χ3v) is 2.87. The van der Waals surface area contributed by atoms with Gasteiger partial charge in [-0.2, -0.15) is 0 Å². The number of aromatic nitrogens is 2. The Kier molecular flexibility index (Phi) is 2.86. The van der Waals surface area contributed by atoms with Crippen LogP contribution in [-0.2, 0) is 0 Å². The molecule has 0 radical (unpaired) electrons. The van der Waals surface area contributed by atoms with Crippen LogP contribution >= 0.6 is 0 Å². The van der Waals surface area contributed by atoms with E-state index in [-0.39, 0.29) is 0 Å². The summed E-state index contributed by atoms with van der Waals surface area (Å²) in [6.07, 6.45) is 1.84. The van der Waals surface area contributed by atoms with Crippen LogP contribution < -0.4 is 4.90 Å². The Morgan fingerprint density at radius 3 is 2.87 bits per heavy atom. The molecule has 0 bridgehead atoms. The summed E-state index contributed by atoms with van der Waals surface area (Å²) in [6, 6.07) is 2.43. The molecule has 2 rings (SSSR count). The molecule has 0 N–H and O–H groups in total. The number of hydrogen-bond donors (Lipinski definition) is 0. The maximum atomic E-state index is 4.47. The van der Waals surface area contributed by atoms with E-state index in [1.165, 1.54) is 0 Å². The van der Waals surface area contributed by atoms with Crippen molar-refractivity contribution >= 4 is 5.95 Å². The Balaban J connectivity index is 2.17. The molecule has 1 aliphatic heterocycles. The largest absolute Gasteiger partial charge is 0.336 e. The molecule has 1 aliphatic rings. The molecule has 1 saturated heterocycles. The molecular formula is C11H18N4. The van der Waals surface area contributed by atoms with Crippen molar-refractivity contribution in [2.75, 3.05) is 31.6 Å². The van der Waals surface area contributed by atoms with Gasteiger partial charge in [0, 0.05) is 37.6 Å². The molecule has 15 heavy (non-hydrogen) atoms. The van der Waals surface area contributed by atoms with E-state index in [1.807, 2.05) is 19.2 Å². The van der Waals surface area contributed by atoms with E-state index in [1.54, 1.807) is 0 Å². The van der Waals surface area contributed by atoms with Gasteiger partial charge in [-0.25, -0.2) is 9.97 Å². The summed E-state index contributed by atoms with van der Waals surface area (Å²) >= 11 is 0.